The zero-order valence-electron chi connectivity index (χ0n) is 20.9. The lowest BCUT2D eigenvalue weighted by Crippen LogP contribution is -2.56. The number of anilines is 2. The molecule has 3 heterocycles. The van der Waals surface area contributed by atoms with Crippen LogP contribution in [0.25, 0.3) is 10.9 Å². The van der Waals surface area contributed by atoms with Crippen LogP contribution in [0.3, 0.4) is 0 Å². The molecule has 0 amide bonds. The van der Waals surface area contributed by atoms with Crippen molar-refractivity contribution >= 4 is 44.3 Å². The van der Waals surface area contributed by atoms with Crippen LogP contribution in [-0.4, -0.2) is 52.7 Å². The van der Waals surface area contributed by atoms with E-state index in [1.807, 2.05) is 4.90 Å². The molecule has 1 saturated carbocycles. The first-order valence-corrected chi connectivity index (χ1v) is 14.3. The van der Waals surface area contributed by atoms with Gasteiger partial charge in [0.1, 0.15) is 0 Å². The van der Waals surface area contributed by atoms with Crippen molar-refractivity contribution in [2.45, 2.75) is 42.5 Å². The molecule has 8 nitrogen and oxygen atoms in total. The van der Waals surface area contributed by atoms with E-state index in [2.05, 4.69) is 20.0 Å². The van der Waals surface area contributed by atoms with Gasteiger partial charge >= 0.3 is 0 Å². The Kier molecular flexibility index (Phi) is 6.03. The molecule has 1 saturated heterocycles. The summed E-state index contributed by atoms with van der Waals surface area (Å²) in [5.41, 5.74) is -0.296. The summed E-state index contributed by atoms with van der Waals surface area (Å²) in [4.78, 5) is 12.1. The number of nitrogens with zero attached hydrogens (tertiary/aromatic N) is 6. The maximum absolute atomic E-state index is 14.1. The average Bonchev–Trinajstić information content (AvgIpc) is 3.57. The van der Waals surface area contributed by atoms with Crippen LogP contribution >= 0.6 is 11.6 Å². The van der Waals surface area contributed by atoms with E-state index in [1.54, 1.807) is 18.2 Å². The van der Waals surface area contributed by atoms with Crippen molar-refractivity contribution in [3.8, 4) is 0 Å². The van der Waals surface area contributed by atoms with Gasteiger partial charge < -0.3 is 9.80 Å². The highest BCUT2D eigenvalue weighted by molar-refractivity contribution is 7.90. The van der Waals surface area contributed by atoms with Gasteiger partial charge in [-0.2, -0.15) is 12.5 Å². The number of aromatic nitrogens is 4. The van der Waals surface area contributed by atoms with Gasteiger partial charge in [0.15, 0.2) is 11.6 Å². The Morgan fingerprint density at radius 3 is 2.38 bits per heavy atom. The lowest BCUT2D eigenvalue weighted by Gasteiger charge is -2.42. The maximum atomic E-state index is 14.1. The minimum Gasteiger partial charge on any atom is -0.345 e. The quantitative estimate of drug-likeness (QED) is 0.311. The first-order valence-electron chi connectivity index (χ1n) is 12.5. The van der Waals surface area contributed by atoms with Crippen molar-refractivity contribution in [1.82, 2.24) is 19.2 Å². The molecule has 39 heavy (non-hydrogen) atoms. The Balaban J connectivity index is 1.39. The van der Waals surface area contributed by atoms with Gasteiger partial charge in [-0.15, -0.1) is 5.10 Å². The minimum absolute atomic E-state index is 0.159. The number of hydrogen-bond donors (Lipinski definition) is 0. The summed E-state index contributed by atoms with van der Waals surface area (Å²) < 4.78 is 70.0. The van der Waals surface area contributed by atoms with E-state index >= 15 is 0 Å². The summed E-state index contributed by atoms with van der Waals surface area (Å²) in [6, 6.07) is 9.56. The molecule has 0 atom stereocenters. The molecule has 1 aliphatic heterocycles. The molecule has 1 aliphatic carbocycles. The van der Waals surface area contributed by atoms with Crippen molar-refractivity contribution in [2.24, 2.45) is 0 Å². The summed E-state index contributed by atoms with van der Waals surface area (Å²) in [7, 11) is -4.23. The third-order valence-corrected chi connectivity index (χ3v) is 9.39. The summed E-state index contributed by atoms with van der Waals surface area (Å²) in [5.74, 6) is -2.71. The summed E-state index contributed by atoms with van der Waals surface area (Å²) in [6.07, 6.45) is 3.54. The largest absolute Gasteiger partial charge is 0.345 e. The molecule has 6 rings (SSSR count). The minimum atomic E-state index is -4.23. The van der Waals surface area contributed by atoms with E-state index in [0.29, 0.717) is 47.3 Å². The number of piperazine rings is 1. The van der Waals surface area contributed by atoms with E-state index in [-0.39, 0.29) is 16.0 Å². The van der Waals surface area contributed by atoms with Gasteiger partial charge in [-0.1, -0.05) is 36.7 Å². The molecular formula is C26H24ClF3N6O2S. The topological polar surface area (TPSA) is 84.2 Å². The second-order valence-electron chi connectivity index (χ2n) is 9.89. The Morgan fingerprint density at radius 1 is 1.05 bits per heavy atom. The number of rotatable bonds is 6. The molecule has 4 aromatic rings. The van der Waals surface area contributed by atoms with E-state index in [9.17, 15) is 21.6 Å². The molecule has 2 aromatic carbocycles. The van der Waals surface area contributed by atoms with Gasteiger partial charge in [0, 0.05) is 31.6 Å². The van der Waals surface area contributed by atoms with E-state index in [4.69, 9.17) is 11.6 Å². The van der Waals surface area contributed by atoms with Gasteiger partial charge in [0.05, 0.1) is 38.8 Å². The number of hydrogen-bond acceptors (Lipinski definition) is 7. The fourth-order valence-electron chi connectivity index (χ4n) is 5.15. The van der Waals surface area contributed by atoms with Gasteiger partial charge in [0.2, 0.25) is 5.95 Å². The standard InChI is InChI=1S/C26H24ClF3N6O2S/c1-2-26(29,30)17-6-8-19(9-7-17)39(37,38)36-21-5-3-4-20(27)22(21)23(33-36)35-13-12-34(16-25(35)10-11-25)24-31-14-18(28)15-32-24/h3-9,14-15H,2,10-13,16H2,1H3. The lowest BCUT2D eigenvalue weighted by molar-refractivity contribution is -0.00834. The average molecular weight is 577 g/mol. The Hall–Kier alpha value is -3.38. The third kappa shape index (κ3) is 4.29. The van der Waals surface area contributed by atoms with E-state index < -0.39 is 28.2 Å². The summed E-state index contributed by atoms with van der Waals surface area (Å²) in [5, 5.41) is 5.42. The van der Waals surface area contributed by atoms with Gasteiger partial charge in [0.25, 0.3) is 15.9 Å². The van der Waals surface area contributed by atoms with Crippen molar-refractivity contribution < 1.29 is 21.6 Å². The smallest absolute Gasteiger partial charge is 0.283 e. The first kappa shape index (κ1) is 25.9. The third-order valence-electron chi connectivity index (χ3n) is 7.48. The van der Waals surface area contributed by atoms with Crippen LogP contribution in [0.15, 0.2) is 59.8 Å². The second kappa shape index (κ2) is 9.09. The molecule has 2 fully saturated rings. The predicted octanol–water partition coefficient (Wildman–Crippen LogP) is 5.22. The van der Waals surface area contributed by atoms with Crippen molar-refractivity contribution in [3.63, 3.8) is 0 Å². The van der Waals surface area contributed by atoms with Crippen LogP contribution in [0.5, 0.6) is 0 Å². The summed E-state index contributed by atoms with van der Waals surface area (Å²) >= 11 is 6.61. The van der Waals surface area contributed by atoms with Gasteiger partial charge in [-0.25, -0.2) is 23.1 Å². The molecule has 2 aromatic heterocycles. The van der Waals surface area contributed by atoms with Crippen molar-refractivity contribution in [3.05, 3.63) is 71.3 Å². The van der Waals surface area contributed by atoms with Crippen LogP contribution in [0.2, 0.25) is 5.02 Å². The van der Waals surface area contributed by atoms with Crippen molar-refractivity contribution in [2.75, 3.05) is 29.4 Å². The molecule has 1 spiro atoms. The summed E-state index contributed by atoms with van der Waals surface area (Å²) in [6.45, 7) is 2.91. The fourth-order valence-corrected chi connectivity index (χ4v) is 6.68. The molecule has 0 unspecified atom stereocenters. The highest BCUT2D eigenvalue weighted by Gasteiger charge is 2.53. The molecule has 0 N–H and O–H groups in total. The molecule has 204 valence electrons. The Morgan fingerprint density at radius 2 is 1.74 bits per heavy atom. The van der Waals surface area contributed by atoms with Gasteiger partial charge in [-0.3, -0.25) is 0 Å². The molecule has 2 aliphatic rings. The normalized spacial score (nSPS) is 17.3. The highest BCUT2D eigenvalue weighted by Crippen LogP contribution is 2.49. The monoisotopic (exact) mass is 576 g/mol. The second-order valence-corrected chi connectivity index (χ2v) is 12.1. The Labute approximate surface area is 228 Å². The zero-order chi connectivity index (χ0) is 27.6. The SMILES string of the molecule is CCC(F)(F)c1ccc(S(=O)(=O)n2nc(N3CCN(c4ncc(F)cn4)CC34CC4)c3c(Cl)cccc32)cc1. The van der Waals surface area contributed by atoms with Crippen LogP contribution < -0.4 is 9.80 Å². The van der Waals surface area contributed by atoms with E-state index in [1.165, 1.54) is 19.1 Å². The number of fused-ring (bicyclic) bond motifs is 1. The number of benzene rings is 2. The van der Waals surface area contributed by atoms with Crippen LogP contribution in [-0.2, 0) is 15.9 Å². The molecular weight excluding hydrogens is 553 g/mol. The lowest BCUT2D eigenvalue weighted by atomic mass is 10.1. The molecule has 13 heteroatoms. The van der Waals surface area contributed by atoms with Gasteiger partial charge in [-0.05, 0) is 37.1 Å². The predicted molar refractivity (Wildman–Crippen MR) is 141 cm³/mol. The fraction of sp³-hybridized carbons (Fsp3) is 0.346. The van der Waals surface area contributed by atoms with Crippen molar-refractivity contribution in [1.29, 1.82) is 0 Å². The van der Waals surface area contributed by atoms with Crippen LogP contribution in [0, 0.1) is 5.82 Å². The van der Waals surface area contributed by atoms with Crippen LogP contribution in [0.1, 0.15) is 31.7 Å². The molecule has 0 bridgehead atoms. The maximum Gasteiger partial charge on any atom is 0.283 e. The van der Waals surface area contributed by atoms with Crippen LogP contribution in [0.4, 0.5) is 24.9 Å². The zero-order valence-corrected chi connectivity index (χ0v) is 22.4. The van der Waals surface area contributed by atoms with E-state index in [0.717, 1.165) is 41.5 Å². The Bertz CT molecular complexity index is 1660. The highest BCUT2D eigenvalue weighted by atomic mass is 35.5. The number of alkyl halides is 2. The number of halogens is 4. The first-order chi connectivity index (χ1) is 18.6. The molecule has 0 radical (unpaired) electrons.